The highest BCUT2D eigenvalue weighted by Crippen LogP contribution is 2.17. The van der Waals surface area contributed by atoms with Crippen LogP contribution in [0.1, 0.15) is 11.7 Å². The van der Waals surface area contributed by atoms with Gasteiger partial charge in [0.2, 0.25) is 0 Å². The van der Waals surface area contributed by atoms with Gasteiger partial charge in [-0.15, -0.1) is 0 Å². The summed E-state index contributed by atoms with van der Waals surface area (Å²) in [5, 5.41) is 7.60. The normalized spacial score (nSPS) is 20.2. The molecule has 0 amide bonds. The van der Waals surface area contributed by atoms with E-state index < -0.39 is 0 Å². The lowest BCUT2D eigenvalue weighted by Crippen LogP contribution is -2.44. The van der Waals surface area contributed by atoms with Crippen molar-refractivity contribution in [1.82, 2.24) is 10.6 Å². The van der Waals surface area contributed by atoms with Crippen molar-refractivity contribution in [1.29, 1.82) is 0 Å². The third-order valence-electron chi connectivity index (χ3n) is 2.04. The van der Waals surface area contributed by atoms with Crippen molar-refractivity contribution in [2.75, 3.05) is 6.26 Å². The van der Waals surface area contributed by atoms with Gasteiger partial charge in [-0.2, -0.15) is 0 Å². The Bertz CT molecular complexity index is 389. The van der Waals surface area contributed by atoms with E-state index in [2.05, 4.69) is 15.6 Å². The van der Waals surface area contributed by atoms with E-state index in [0.29, 0.717) is 5.11 Å². The predicted molar refractivity (Wildman–Crippen MR) is 69.0 cm³/mol. The van der Waals surface area contributed by atoms with Crippen molar-refractivity contribution in [2.45, 2.75) is 6.17 Å². The second kappa shape index (κ2) is 4.63. The van der Waals surface area contributed by atoms with E-state index in [0.717, 1.165) is 10.7 Å². The summed E-state index contributed by atoms with van der Waals surface area (Å²) in [6, 6.07) is 10.1. The number of rotatable bonds is 1. The molecule has 78 valence electrons. The second-order valence-corrected chi connectivity index (χ2v) is 4.25. The molecule has 0 unspecified atom stereocenters. The predicted octanol–water partition coefficient (Wildman–Crippen LogP) is 1.88. The number of benzene rings is 1. The molecule has 0 radical (unpaired) electrons. The molecular weight excluding hydrogens is 226 g/mol. The van der Waals surface area contributed by atoms with Gasteiger partial charge in [-0.25, -0.2) is 4.99 Å². The van der Waals surface area contributed by atoms with Gasteiger partial charge in [0.05, 0.1) is 0 Å². The lowest BCUT2D eigenvalue weighted by molar-refractivity contribution is 0.667. The minimum absolute atomic E-state index is 0.0672. The maximum atomic E-state index is 5.11. The van der Waals surface area contributed by atoms with E-state index in [1.807, 2.05) is 36.6 Å². The van der Waals surface area contributed by atoms with Crippen LogP contribution in [-0.2, 0) is 0 Å². The standard InChI is InChI=1S/C10H11N3S2/c1-15-10-12-8(11-9(14)13-10)7-5-3-2-4-6-7/h2-6,8H,1H3,(H2,11,12,13,14)/t8-/m0/s1. The van der Waals surface area contributed by atoms with E-state index in [9.17, 15) is 0 Å². The van der Waals surface area contributed by atoms with Crippen molar-refractivity contribution in [2.24, 2.45) is 4.99 Å². The molecule has 0 aromatic heterocycles. The molecule has 1 aliphatic rings. The Kier molecular flexibility index (Phi) is 3.23. The quantitative estimate of drug-likeness (QED) is 0.731. The summed E-state index contributed by atoms with van der Waals surface area (Å²) in [4.78, 5) is 4.49. The van der Waals surface area contributed by atoms with Gasteiger partial charge >= 0.3 is 0 Å². The third-order valence-corrected chi connectivity index (χ3v) is 2.86. The fourth-order valence-corrected chi connectivity index (χ4v) is 2.02. The fourth-order valence-electron chi connectivity index (χ4n) is 1.34. The van der Waals surface area contributed by atoms with E-state index in [-0.39, 0.29) is 6.17 Å². The molecule has 1 aliphatic heterocycles. The zero-order chi connectivity index (χ0) is 10.7. The molecule has 0 bridgehead atoms. The fraction of sp³-hybridized carbons (Fsp3) is 0.200. The Hall–Kier alpha value is -1.07. The molecule has 0 aliphatic carbocycles. The third kappa shape index (κ3) is 2.49. The van der Waals surface area contributed by atoms with Crippen molar-refractivity contribution < 1.29 is 0 Å². The molecular formula is C10H11N3S2. The molecule has 1 heterocycles. The van der Waals surface area contributed by atoms with E-state index in [1.165, 1.54) is 0 Å². The average molecular weight is 237 g/mol. The lowest BCUT2D eigenvalue weighted by Gasteiger charge is -2.24. The number of nitrogens with one attached hydrogen (secondary N) is 2. The second-order valence-electron chi connectivity index (χ2n) is 3.05. The van der Waals surface area contributed by atoms with Gasteiger partial charge < -0.3 is 10.6 Å². The minimum Gasteiger partial charge on any atom is -0.337 e. The van der Waals surface area contributed by atoms with Crippen LogP contribution in [0, 0.1) is 0 Å². The van der Waals surface area contributed by atoms with Crippen LogP contribution in [0.3, 0.4) is 0 Å². The maximum absolute atomic E-state index is 5.11. The van der Waals surface area contributed by atoms with Gasteiger partial charge in [0.1, 0.15) is 6.17 Å². The first-order valence-corrected chi connectivity index (χ1v) is 6.17. The number of hydrogen-bond donors (Lipinski definition) is 2. The molecule has 0 saturated carbocycles. The van der Waals surface area contributed by atoms with Crippen LogP contribution < -0.4 is 10.6 Å². The maximum Gasteiger partial charge on any atom is 0.174 e. The van der Waals surface area contributed by atoms with E-state index in [4.69, 9.17) is 12.2 Å². The highest BCUT2D eigenvalue weighted by molar-refractivity contribution is 8.13. The van der Waals surface area contributed by atoms with Gasteiger partial charge in [-0.05, 0) is 24.0 Å². The number of amidine groups is 1. The Morgan fingerprint density at radius 3 is 2.73 bits per heavy atom. The van der Waals surface area contributed by atoms with Crippen LogP contribution in [0.5, 0.6) is 0 Å². The van der Waals surface area contributed by atoms with Gasteiger partial charge in [0, 0.05) is 0 Å². The monoisotopic (exact) mass is 237 g/mol. The first kappa shape index (κ1) is 10.4. The molecule has 1 aromatic rings. The van der Waals surface area contributed by atoms with Gasteiger partial charge in [0.15, 0.2) is 10.3 Å². The summed E-state index contributed by atoms with van der Waals surface area (Å²) in [7, 11) is 0. The highest BCUT2D eigenvalue weighted by atomic mass is 32.2. The molecule has 15 heavy (non-hydrogen) atoms. The Morgan fingerprint density at radius 1 is 1.33 bits per heavy atom. The zero-order valence-electron chi connectivity index (χ0n) is 8.23. The van der Waals surface area contributed by atoms with Crippen LogP contribution in [0.25, 0.3) is 0 Å². The molecule has 1 aromatic carbocycles. The largest absolute Gasteiger partial charge is 0.337 e. The van der Waals surface area contributed by atoms with Gasteiger partial charge in [0.25, 0.3) is 0 Å². The van der Waals surface area contributed by atoms with Gasteiger partial charge in [-0.1, -0.05) is 42.1 Å². The Balaban J connectivity index is 2.26. The van der Waals surface area contributed by atoms with Crippen molar-refractivity contribution in [3.8, 4) is 0 Å². The number of aliphatic imine (C=N–C) groups is 1. The smallest absolute Gasteiger partial charge is 0.174 e. The van der Waals surface area contributed by atoms with Crippen LogP contribution in [0.4, 0.5) is 0 Å². The minimum atomic E-state index is -0.0672. The zero-order valence-corrected chi connectivity index (χ0v) is 9.86. The van der Waals surface area contributed by atoms with Crippen molar-refractivity contribution >= 4 is 34.3 Å². The summed E-state index contributed by atoms with van der Waals surface area (Å²) in [6.45, 7) is 0. The number of thioether (sulfide) groups is 1. The summed E-state index contributed by atoms with van der Waals surface area (Å²) < 4.78 is 0. The molecule has 0 spiro atoms. The first-order valence-electron chi connectivity index (χ1n) is 4.54. The molecule has 0 saturated heterocycles. The molecule has 5 heteroatoms. The average Bonchev–Trinajstić information content (AvgIpc) is 2.29. The number of hydrogen-bond acceptors (Lipinski definition) is 3. The van der Waals surface area contributed by atoms with Crippen molar-refractivity contribution in [3.05, 3.63) is 35.9 Å². The van der Waals surface area contributed by atoms with E-state index in [1.54, 1.807) is 11.8 Å². The summed E-state index contributed by atoms with van der Waals surface area (Å²) in [5.74, 6) is 0. The topological polar surface area (TPSA) is 36.4 Å². The summed E-state index contributed by atoms with van der Waals surface area (Å²) >= 11 is 6.67. The summed E-state index contributed by atoms with van der Waals surface area (Å²) in [5.41, 5.74) is 1.12. The summed E-state index contributed by atoms with van der Waals surface area (Å²) in [6.07, 6.45) is 1.91. The molecule has 1 atom stereocenters. The molecule has 2 rings (SSSR count). The molecule has 2 N–H and O–H groups in total. The Morgan fingerprint density at radius 2 is 2.07 bits per heavy atom. The van der Waals surface area contributed by atoms with E-state index >= 15 is 0 Å². The molecule has 0 fully saturated rings. The van der Waals surface area contributed by atoms with Crippen LogP contribution in [-0.4, -0.2) is 16.5 Å². The van der Waals surface area contributed by atoms with Gasteiger partial charge in [-0.3, -0.25) is 0 Å². The van der Waals surface area contributed by atoms with Crippen LogP contribution in [0.2, 0.25) is 0 Å². The highest BCUT2D eigenvalue weighted by Gasteiger charge is 2.17. The number of nitrogens with zero attached hydrogens (tertiary/aromatic N) is 1. The van der Waals surface area contributed by atoms with Crippen molar-refractivity contribution in [3.63, 3.8) is 0 Å². The van der Waals surface area contributed by atoms with Crippen LogP contribution >= 0.6 is 24.0 Å². The Labute approximate surface area is 98.4 Å². The SMILES string of the molecule is CSC1=N[C@@H](c2ccccc2)NC(=S)N1. The molecule has 3 nitrogen and oxygen atoms in total. The number of thiocarbonyl (C=S) groups is 1. The first-order chi connectivity index (χ1) is 7.29. The van der Waals surface area contributed by atoms with Crippen LogP contribution in [0.15, 0.2) is 35.3 Å². The lowest BCUT2D eigenvalue weighted by atomic mass is 10.2.